The molecule has 1 saturated heterocycles. The van der Waals surface area contributed by atoms with Crippen LogP contribution >= 0.6 is 0 Å². The van der Waals surface area contributed by atoms with E-state index in [4.69, 9.17) is 14.5 Å². The van der Waals surface area contributed by atoms with Crippen molar-refractivity contribution in [2.45, 2.75) is 33.6 Å². The van der Waals surface area contributed by atoms with E-state index in [-0.39, 0.29) is 18.4 Å². The van der Waals surface area contributed by atoms with Crippen molar-refractivity contribution < 1.29 is 14.3 Å². The fourth-order valence-electron chi connectivity index (χ4n) is 3.51. The van der Waals surface area contributed by atoms with Crippen LogP contribution in [0.25, 0.3) is 6.08 Å². The monoisotopic (exact) mass is 424 g/mol. The van der Waals surface area contributed by atoms with Crippen LogP contribution in [0.1, 0.15) is 43.8 Å². The third-order valence-electron chi connectivity index (χ3n) is 5.23. The highest BCUT2D eigenvalue weighted by molar-refractivity contribution is 5.78. The molecule has 1 aliphatic heterocycles. The number of aromatic nitrogens is 2. The van der Waals surface area contributed by atoms with Crippen molar-refractivity contribution in [2.75, 3.05) is 44.8 Å². The van der Waals surface area contributed by atoms with Gasteiger partial charge < -0.3 is 19.3 Å². The largest absolute Gasteiger partial charge is 0.493 e. The Labute approximate surface area is 184 Å². The minimum atomic E-state index is -0.0269. The van der Waals surface area contributed by atoms with Crippen LogP contribution in [0.5, 0.6) is 11.5 Å². The summed E-state index contributed by atoms with van der Waals surface area (Å²) in [7, 11) is 1.60. The Bertz CT molecular complexity index is 934. The topological polar surface area (TPSA) is 67.8 Å². The van der Waals surface area contributed by atoms with Crippen molar-refractivity contribution in [1.82, 2.24) is 14.9 Å². The first-order valence-corrected chi connectivity index (χ1v) is 10.7. The highest BCUT2D eigenvalue weighted by Gasteiger charge is 2.23. The number of anilines is 1. The fraction of sp³-hybridized carbons (Fsp3) is 0.458. The highest BCUT2D eigenvalue weighted by Crippen LogP contribution is 2.28. The van der Waals surface area contributed by atoms with Crippen molar-refractivity contribution in [1.29, 1.82) is 0 Å². The maximum Gasteiger partial charge on any atom is 0.260 e. The van der Waals surface area contributed by atoms with E-state index in [2.05, 4.69) is 23.7 Å². The smallest absolute Gasteiger partial charge is 0.260 e. The zero-order valence-electron chi connectivity index (χ0n) is 19.1. The number of carbonyl (C=O) groups is 1. The molecular formula is C24H32N4O3. The van der Waals surface area contributed by atoms with Gasteiger partial charge in [-0.25, -0.2) is 9.97 Å². The molecule has 0 aliphatic carbocycles. The molecule has 0 radical (unpaired) electrons. The third-order valence-corrected chi connectivity index (χ3v) is 5.23. The Morgan fingerprint density at radius 2 is 1.87 bits per heavy atom. The molecule has 1 aromatic heterocycles. The zero-order chi connectivity index (χ0) is 22.4. The average Bonchev–Trinajstić information content (AvgIpc) is 2.77. The molecule has 3 rings (SSSR count). The molecule has 1 amide bonds. The molecule has 0 bridgehead atoms. The van der Waals surface area contributed by atoms with E-state index in [1.54, 1.807) is 7.11 Å². The number of hydrogen-bond acceptors (Lipinski definition) is 6. The standard InChI is InChI=1S/C24H32N4O3/c1-6-7-19-8-9-20(21(15-19)30-5)31-16-23(29)28-12-10-27(11-13-28)22-14-18(4)25-24(26-22)17(2)3/h6-9,14-15,17H,10-13,16H2,1-5H3/b7-6+. The molecule has 2 heterocycles. The molecule has 0 N–H and O–H groups in total. The van der Waals surface area contributed by atoms with Gasteiger partial charge in [0.2, 0.25) is 0 Å². The second-order valence-corrected chi connectivity index (χ2v) is 7.95. The number of nitrogens with zero attached hydrogens (tertiary/aromatic N) is 4. The number of allylic oxidation sites excluding steroid dienone is 1. The maximum absolute atomic E-state index is 12.7. The lowest BCUT2D eigenvalue weighted by atomic mass is 10.2. The summed E-state index contributed by atoms with van der Waals surface area (Å²) >= 11 is 0. The predicted octanol–water partition coefficient (Wildman–Crippen LogP) is 3.68. The molecule has 31 heavy (non-hydrogen) atoms. The average molecular weight is 425 g/mol. The van der Waals surface area contributed by atoms with Crippen LogP contribution < -0.4 is 14.4 Å². The molecule has 7 heteroatoms. The number of methoxy groups -OCH3 is 1. The molecule has 7 nitrogen and oxygen atoms in total. The van der Waals surface area contributed by atoms with Gasteiger partial charge in [0.1, 0.15) is 11.6 Å². The Balaban J connectivity index is 1.56. The van der Waals surface area contributed by atoms with E-state index in [0.29, 0.717) is 24.6 Å². The molecule has 0 atom stereocenters. The number of aryl methyl sites for hydroxylation is 1. The molecule has 1 aromatic carbocycles. The van der Waals surface area contributed by atoms with Gasteiger partial charge in [0.15, 0.2) is 18.1 Å². The number of ether oxygens (including phenoxy) is 2. The number of amides is 1. The summed E-state index contributed by atoms with van der Waals surface area (Å²) in [6, 6.07) is 7.68. The first-order valence-electron chi connectivity index (χ1n) is 10.7. The zero-order valence-corrected chi connectivity index (χ0v) is 19.1. The number of carbonyl (C=O) groups excluding carboxylic acids is 1. The van der Waals surface area contributed by atoms with Crippen LogP contribution in [0.4, 0.5) is 5.82 Å². The molecule has 2 aromatic rings. The first-order chi connectivity index (χ1) is 14.9. The Morgan fingerprint density at radius 1 is 1.13 bits per heavy atom. The van der Waals surface area contributed by atoms with Crippen molar-refractivity contribution in [3.8, 4) is 11.5 Å². The lowest BCUT2D eigenvalue weighted by Crippen LogP contribution is -2.50. The molecule has 166 valence electrons. The van der Waals surface area contributed by atoms with E-state index in [1.807, 2.05) is 55.2 Å². The number of hydrogen-bond donors (Lipinski definition) is 0. The maximum atomic E-state index is 12.7. The molecular weight excluding hydrogens is 392 g/mol. The normalized spacial score (nSPS) is 14.4. The lowest BCUT2D eigenvalue weighted by Gasteiger charge is -2.35. The van der Waals surface area contributed by atoms with E-state index in [1.165, 1.54) is 0 Å². The number of rotatable bonds is 7. The second kappa shape index (κ2) is 10.3. The summed E-state index contributed by atoms with van der Waals surface area (Å²) < 4.78 is 11.2. The van der Waals surface area contributed by atoms with Crippen LogP contribution in [0.2, 0.25) is 0 Å². The van der Waals surface area contributed by atoms with E-state index in [9.17, 15) is 4.79 Å². The molecule has 0 spiro atoms. The summed E-state index contributed by atoms with van der Waals surface area (Å²) in [6.45, 7) is 10.9. The van der Waals surface area contributed by atoms with Crippen LogP contribution in [0, 0.1) is 6.92 Å². The first kappa shape index (κ1) is 22.6. The van der Waals surface area contributed by atoms with Crippen LogP contribution in [0.15, 0.2) is 30.3 Å². The lowest BCUT2D eigenvalue weighted by molar-refractivity contribution is -0.133. The highest BCUT2D eigenvalue weighted by atomic mass is 16.5. The van der Waals surface area contributed by atoms with Gasteiger partial charge in [0, 0.05) is 43.9 Å². The van der Waals surface area contributed by atoms with Gasteiger partial charge in [-0.1, -0.05) is 32.1 Å². The minimum absolute atomic E-state index is 0.0105. The SMILES string of the molecule is C/C=C/c1ccc(OCC(=O)N2CCN(c3cc(C)nc(C(C)C)n3)CC2)c(OC)c1. The summed E-state index contributed by atoms with van der Waals surface area (Å²) in [5, 5.41) is 0. The minimum Gasteiger partial charge on any atom is -0.493 e. The van der Waals surface area contributed by atoms with E-state index >= 15 is 0 Å². The van der Waals surface area contributed by atoms with Gasteiger partial charge in [-0.05, 0) is 31.5 Å². The van der Waals surface area contributed by atoms with Gasteiger partial charge >= 0.3 is 0 Å². The van der Waals surface area contributed by atoms with Gasteiger partial charge in [-0.3, -0.25) is 4.79 Å². The molecule has 0 unspecified atom stereocenters. The van der Waals surface area contributed by atoms with Crippen molar-refractivity contribution in [3.63, 3.8) is 0 Å². The Kier molecular flexibility index (Phi) is 7.50. The molecule has 1 aliphatic rings. The summed E-state index contributed by atoms with van der Waals surface area (Å²) in [4.78, 5) is 26.0. The second-order valence-electron chi connectivity index (χ2n) is 7.95. The van der Waals surface area contributed by atoms with Crippen LogP contribution in [-0.4, -0.2) is 60.7 Å². The van der Waals surface area contributed by atoms with Crippen molar-refractivity contribution >= 4 is 17.8 Å². The van der Waals surface area contributed by atoms with Gasteiger partial charge in [0.05, 0.1) is 7.11 Å². The Morgan fingerprint density at radius 3 is 2.52 bits per heavy atom. The van der Waals surface area contributed by atoms with Crippen LogP contribution in [-0.2, 0) is 4.79 Å². The molecule has 0 saturated carbocycles. The van der Waals surface area contributed by atoms with Gasteiger partial charge in [0.25, 0.3) is 5.91 Å². The van der Waals surface area contributed by atoms with Crippen LogP contribution in [0.3, 0.4) is 0 Å². The fourth-order valence-corrected chi connectivity index (χ4v) is 3.51. The quantitative estimate of drug-likeness (QED) is 0.676. The van der Waals surface area contributed by atoms with Gasteiger partial charge in [-0.15, -0.1) is 0 Å². The number of piperazine rings is 1. The summed E-state index contributed by atoms with van der Waals surface area (Å²) in [6.07, 6.45) is 3.95. The molecule has 1 fully saturated rings. The predicted molar refractivity (Wildman–Crippen MR) is 123 cm³/mol. The van der Waals surface area contributed by atoms with Crippen molar-refractivity contribution in [3.05, 3.63) is 47.4 Å². The number of benzene rings is 1. The Hall–Kier alpha value is -3.09. The summed E-state index contributed by atoms with van der Waals surface area (Å²) in [5.74, 6) is 3.24. The van der Waals surface area contributed by atoms with Gasteiger partial charge in [-0.2, -0.15) is 0 Å². The van der Waals surface area contributed by atoms with E-state index in [0.717, 1.165) is 36.0 Å². The van der Waals surface area contributed by atoms with Crippen molar-refractivity contribution in [2.24, 2.45) is 0 Å². The summed E-state index contributed by atoms with van der Waals surface area (Å²) in [5.41, 5.74) is 1.99. The third kappa shape index (κ3) is 5.75. The van der Waals surface area contributed by atoms with E-state index < -0.39 is 0 Å².